The molecule has 0 bridgehead atoms. The molecular weight excluding hydrogens is 258 g/mol. The minimum Gasteiger partial charge on any atom is -0.368 e. The van der Waals surface area contributed by atoms with Crippen LogP contribution in [-0.4, -0.2) is 29.9 Å². The Balaban J connectivity index is 2.26. The lowest BCUT2D eigenvalue weighted by atomic mass is 10.0. The van der Waals surface area contributed by atoms with E-state index in [1.54, 1.807) is 6.07 Å². The molecule has 3 unspecified atom stereocenters. The number of nitrogens with two attached hydrogens (primary N) is 2. The van der Waals surface area contributed by atoms with E-state index in [1.807, 2.05) is 25.1 Å². The molecule has 0 saturated heterocycles. The van der Waals surface area contributed by atoms with Crippen molar-refractivity contribution in [3.63, 3.8) is 0 Å². The number of carbonyl (C=O) groups excluding carboxylic acids is 2. The van der Waals surface area contributed by atoms with Gasteiger partial charge in [-0.3, -0.25) is 14.5 Å². The predicted octanol–water partition coefficient (Wildman–Crippen LogP) is 0.437. The van der Waals surface area contributed by atoms with Gasteiger partial charge in [-0.2, -0.15) is 0 Å². The Morgan fingerprint density at radius 1 is 1.45 bits per heavy atom. The monoisotopic (exact) mass is 277 g/mol. The van der Waals surface area contributed by atoms with Gasteiger partial charge in [0.15, 0.2) is 6.23 Å². The van der Waals surface area contributed by atoms with Crippen LogP contribution in [0.2, 0.25) is 0 Å². The quantitative estimate of drug-likeness (QED) is 0.737. The number of benzene rings is 1. The second-order valence-electron chi connectivity index (χ2n) is 4.98. The summed E-state index contributed by atoms with van der Waals surface area (Å²) in [7, 11) is 0. The number of nitrogens with zero attached hydrogens (tertiary/aromatic N) is 1. The SMILES string of the molecule is CC(N)CCOC1c2ccccc2C(C(N)=O)N1C=O. The van der Waals surface area contributed by atoms with Gasteiger partial charge < -0.3 is 16.2 Å². The van der Waals surface area contributed by atoms with E-state index in [0.29, 0.717) is 19.4 Å². The smallest absolute Gasteiger partial charge is 0.244 e. The van der Waals surface area contributed by atoms with Crippen LogP contribution in [0.25, 0.3) is 0 Å². The molecule has 20 heavy (non-hydrogen) atoms. The summed E-state index contributed by atoms with van der Waals surface area (Å²) >= 11 is 0. The number of fused-ring (bicyclic) bond motifs is 1. The maximum Gasteiger partial charge on any atom is 0.244 e. The van der Waals surface area contributed by atoms with Gasteiger partial charge in [0.25, 0.3) is 0 Å². The van der Waals surface area contributed by atoms with Gasteiger partial charge in [0.2, 0.25) is 12.3 Å². The van der Waals surface area contributed by atoms with Crippen LogP contribution in [0.15, 0.2) is 24.3 Å². The second-order valence-corrected chi connectivity index (χ2v) is 4.98. The Morgan fingerprint density at radius 2 is 2.10 bits per heavy atom. The maximum atomic E-state index is 11.6. The molecule has 6 heteroatoms. The predicted molar refractivity (Wildman–Crippen MR) is 73.2 cm³/mol. The van der Waals surface area contributed by atoms with Gasteiger partial charge in [-0.1, -0.05) is 24.3 Å². The lowest BCUT2D eigenvalue weighted by molar-refractivity contribution is -0.144. The molecule has 3 atom stereocenters. The van der Waals surface area contributed by atoms with Gasteiger partial charge in [-0.05, 0) is 18.9 Å². The Labute approximate surface area is 117 Å². The molecule has 1 aromatic rings. The van der Waals surface area contributed by atoms with Gasteiger partial charge >= 0.3 is 0 Å². The van der Waals surface area contributed by atoms with E-state index in [-0.39, 0.29) is 6.04 Å². The number of ether oxygens (including phenoxy) is 1. The minimum absolute atomic E-state index is 0.0169. The minimum atomic E-state index is -0.774. The Hall–Kier alpha value is -1.92. The first kappa shape index (κ1) is 14.5. The molecule has 6 nitrogen and oxygen atoms in total. The summed E-state index contributed by atoms with van der Waals surface area (Å²) in [5.41, 5.74) is 12.6. The van der Waals surface area contributed by atoms with E-state index in [2.05, 4.69) is 0 Å². The number of carbonyl (C=O) groups is 2. The van der Waals surface area contributed by atoms with Crippen molar-refractivity contribution >= 4 is 12.3 Å². The topological polar surface area (TPSA) is 98.7 Å². The molecule has 1 aliphatic rings. The largest absolute Gasteiger partial charge is 0.368 e. The first-order valence-corrected chi connectivity index (χ1v) is 6.54. The molecular formula is C14H19N3O3. The second kappa shape index (κ2) is 6.02. The molecule has 0 aliphatic carbocycles. The van der Waals surface area contributed by atoms with Gasteiger partial charge in [0.1, 0.15) is 6.04 Å². The molecule has 2 rings (SSSR count). The van der Waals surface area contributed by atoms with Crippen molar-refractivity contribution < 1.29 is 14.3 Å². The molecule has 2 amide bonds. The van der Waals surface area contributed by atoms with Crippen LogP contribution in [0.3, 0.4) is 0 Å². The third kappa shape index (κ3) is 2.66. The summed E-state index contributed by atoms with van der Waals surface area (Å²) in [5, 5.41) is 0. The lowest BCUT2D eigenvalue weighted by Crippen LogP contribution is -2.35. The zero-order valence-electron chi connectivity index (χ0n) is 11.4. The van der Waals surface area contributed by atoms with E-state index < -0.39 is 18.2 Å². The van der Waals surface area contributed by atoms with E-state index in [1.165, 1.54) is 4.90 Å². The molecule has 1 aromatic carbocycles. The molecule has 1 aliphatic heterocycles. The van der Waals surface area contributed by atoms with Crippen LogP contribution in [-0.2, 0) is 14.3 Å². The highest BCUT2D eigenvalue weighted by atomic mass is 16.5. The fourth-order valence-electron chi connectivity index (χ4n) is 2.40. The zero-order chi connectivity index (χ0) is 14.7. The average Bonchev–Trinajstić information content (AvgIpc) is 2.72. The third-order valence-corrected chi connectivity index (χ3v) is 3.37. The highest BCUT2D eigenvalue weighted by Gasteiger charge is 2.41. The molecule has 4 N–H and O–H groups in total. The van der Waals surface area contributed by atoms with Crippen molar-refractivity contribution in [3.05, 3.63) is 35.4 Å². The van der Waals surface area contributed by atoms with Crippen LogP contribution in [0.1, 0.15) is 36.7 Å². The van der Waals surface area contributed by atoms with Crippen molar-refractivity contribution in [2.75, 3.05) is 6.61 Å². The number of primary amides is 1. The summed E-state index contributed by atoms with van der Waals surface area (Å²) < 4.78 is 5.73. The normalized spacial score (nSPS) is 22.4. The van der Waals surface area contributed by atoms with E-state index >= 15 is 0 Å². The average molecular weight is 277 g/mol. The highest BCUT2D eigenvalue weighted by molar-refractivity contribution is 5.85. The fraction of sp³-hybridized carbons (Fsp3) is 0.429. The van der Waals surface area contributed by atoms with Crippen LogP contribution in [0, 0.1) is 0 Å². The van der Waals surface area contributed by atoms with Crippen LogP contribution in [0.4, 0.5) is 0 Å². The number of rotatable bonds is 6. The third-order valence-electron chi connectivity index (χ3n) is 3.37. The van der Waals surface area contributed by atoms with Crippen molar-refractivity contribution in [1.82, 2.24) is 4.90 Å². The van der Waals surface area contributed by atoms with Crippen molar-refractivity contribution in [2.24, 2.45) is 11.5 Å². The zero-order valence-corrected chi connectivity index (χ0v) is 11.4. The summed E-state index contributed by atoms with van der Waals surface area (Å²) in [4.78, 5) is 24.2. The molecule has 0 fully saturated rings. The highest BCUT2D eigenvalue weighted by Crippen LogP contribution is 2.41. The first-order valence-electron chi connectivity index (χ1n) is 6.54. The summed E-state index contributed by atoms with van der Waals surface area (Å²) in [6, 6.07) is 6.52. The Kier molecular flexibility index (Phi) is 4.36. The van der Waals surface area contributed by atoms with Crippen molar-refractivity contribution in [1.29, 1.82) is 0 Å². The van der Waals surface area contributed by atoms with Crippen molar-refractivity contribution in [3.8, 4) is 0 Å². The first-order chi connectivity index (χ1) is 9.56. The number of hydrogen-bond donors (Lipinski definition) is 2. The van der Waals surface area contributed by atoms with Crippen molar-refractivity contribution in [2.45, 2.75) is 31.7 Å². The van der Waals surface area contributed by atoms with Gasteiger partial charge in [-0.25, -0.2) is 0 Å². The number of hydrogen-bond acceptors (Lipinski definition) is 4. The molecule has 0 spiro atoms. The Morgan fingerprint density at radius 3 is 2.65 bits per heavy atom. The molecule has 0 radical (unpaired) electrons. The van der Waals surface area contributed by atoms with Crippen LogP contribution < -0.4 is 11.5 Å². The fourth-order valence-corrected chi connectivity index (χ4v) is 2.40. The van der Waals surface area contributed by atoms with Gasteiger partial charge in [0, 0.05) is 11.6 Å². The number of amides is 2. The van der Waals surface area contributed by atoms with Crippen LogP contribution in [0.5, 0.6) is 0 Å². The molecule has 108 valence electrons. The van der Waals surface area contributed by atoms with E-state index in [9.17, 15) is 9.59 Å². The molecule has 1 heterocycles. The maximum absolute atomic E-state index is 11.6. The van der Waals surface area contributed by atoms with Crippen LogP contribution >= 0.6 is 0 Å². The summed E-state index contributed by atoms with van der Waals surface area (Å²) in [6.07, 6.45) is 0.693. The lowest BCUT2D eigenvalue weighted by Gasteiger charge is -2.25. The van der Waals surface area contributed by atoms with E-state index in [4.69, 9.17) is 16.2 Å². The molecule has 0 saturated carbocycles. The van der Waals surface area contributed by atoms with E-state index in [0.717, 1.165) is 11.1 Å². The molecule has 0 aromatic heterocycles. The standard InChI is InChI=1S/C14H19N3O3/c1-9(15)6-7-20-14-11-5-3-2-4-10(11)12(13(16)19)17(14)8-18/h2-5,8-9,12,14H,6-7,15H2,1H3,(H2,16,19). The summed E-state index contributed by atoms with van der Waals surface area (Å²) in [5.74, 6) is -0.567. The van der Waals surface area contributed by atoms with Gasteiger partial charge in [0.05, 0.1) is 6.61 Å². The summed E-state index contributed by atoms with van der Waals surface area (Å²) in [6.45, 7) is 2.29. The van der Waals surface area contributed by atoms with Gasteiger partial charge in [-0.15, -0.1) is 0 Å². The Bertz CT molecular complexity index is 504.